The van der Waals surface area contributed by atoms with Gasteiger partial charge in [-0.05, 0) is 18.1 Å². The molecular formula is C16H19N3O2. The van der Waals surface area contributed by atoms with Crippen LogP contribution in [-0.4, -0.2) is 40.8 Å². The summed E-state index contributed by atoms with van der Waals surface area (Å²) in [5.41, 5.74) is 2.08. The highest BCUT2D eigenvalue weighted by molar-refractivity contribution is 5.89. The van der Waals surface area contributed by atoms with Crippen LogP contribution in [0.5, 0.6) is 0 Å². The van der Waals surface area contributed by atoms with Crippen molar-refractivity contribution in [1.29, 1.82) is 0 Å². The maximum absolute atomic E-state index is 12.4. The Kier molecular flexibility index (Phi) is 3.64. The normalized spacial score (nSPS) is 18.1. The molecule has 21 heavy (non-hydrogen) atoms. The predicted molar refractivity (Wildman–Crippen MR) is 80.8 cm³/mol. The van der Waals surface area contributed by atoms with E-state index >= 15 is 0 Å². The molecule has 2 aromatic rings. The fraction of sp³-hybridized carbons (Fsp3) is 0.375. The van der Waals surface area contributed by atoms with Crippen molar-refractivity contribution in [3.63, 3.8) is 0 Å². The number of aromatic nitrogens is 1. The number of amides is 2. The van der Waals surface area contributed by atoms with Crippen LogP contribution in [0.2, 0.25) is 0 Å². The van der Waals surface area contributed by atoms with Crippen LogP contribution >= 0.6 is 0 Å². The van der Waals surface area contributed by atoms with Crippen LogP contribution < -0.4 is 5.32 Å². The van der Waals surface area contributed by atoms with Gasteiger partial charge in [0.2, 0.25) is 11.8 Å². The van der Waals surface area contributed by atoms with Crippen molar-refractivity contribution in [2.75, 3.05) is 13.1 Å². The lowest BCUT2D eigenvalue weighted by atomic mass is 10.1. The number of carbonyl (C=O) groups excluding carboxylic acids is 2. The van der Waals surface area contributed by atoms with E-state index in [2.05, 4.69) is 10.3 Å². The van der Waals surface area contributed by atoms with Gasteiger partial charge in [-0.2, -0.15) is 0 Å². The van der Waals surface area contributed by atoms with Gasteiger partial charge in [0.05, 0.1) is 6.42 Å². The van der Waals surface area contributed by atoms with Gasteiger partial charge in [0.15, 0.2) is 0 Å². The highest BCUT2D eigenvalue weighted by Crippen LogP contribution is 2.19. The molecule has 5 nitrogen and oxygen atoms in total. The Morgan fingerprint density at radius 1 is 1.38 bits per heavy atom. The van der Waals surface area contributed by atoms with Gasteiger partial charge in [0, 0.05) is 43.2 Å². The zero-order valence-corrected chi connectivity index (χ0v) is 12.1. The van der Waals surface area contributed by atoms with Crippen LogP contribution in [0.4, 0.5) is 0 Å². The van der Waals surface area contributed by atoms with Crippen LogP contribution in [0.3, 0.4) is 0 Å². The lowest BCUT2D eigenvalue weighted by molar-refractivity contribution is -0.129. The average Bonchev–Trinajstić information content (AvgIpc) is 3.06. The molecule has 2 N–H and O–H groups in total. The topological polar surface area (TPSA) is 65.2 Å². The van der Waals surface area contributed by atoms with Crippen molar-refractivity contribution in [3.8, 4) is 0 Å². The first-order valence-electron chi connectivity index (χ1n) is 7.23. The molecule has 3 rings (SSSR count). The number of nitrogens with one attached hydrogen (secondary N) is 2. The van der Waals surface area contributed by atoms with E-state index in [9.17, 15) is 9.59 Å². The lowest BCUT2D eigenvalue weighted by Gasteiger charge is -2.16. The predicted octanol–water partition coefficient (Wildman–Crippen LogP) is 1.45. The summed E-state index contributed by atoms with van der Waals surface area (Å²) in [6.45, 7) is 2.84. The van der Waals surface area contributed by atoms with E-state index in [1.165, 1.54) is 6.92 Å². The minimum atomic E-state index is -0.0362. The van der Waals surface area contributed by atoms with Crippen LogP contribution in [0.1, 0.15) is 18.9 Å². The fourth-order valence-corrected chi connectivity index (χ4v) is 2.94. The molecule has 1 unspecified atom stereocenters. The maximum Gasteiger partial charge on any atom is 0.227 e. The van der Waals surface area contributed by atoms with E-state index in [1.807, 2.05) is 35.4 Å². The van der Waals surface area contributed by atoms with Crippen molar-refractivity contribution in [1.82, 2.24) is 15.2 Å². The molecule has 0 bridgehead atoms. The largest absolute Gasteiger partial charge is 0.361 e. The lowest BCUT2D eigenvalue weighted by Crippen LogP contribution is -2.37. The highest BCUT2D eigenvalue weighted by atomic mass is 16.2. The van der Waals surface area contributed by atoms with E-state index in [0.717, 1.165) is 22.9 Å². The molecule has 0 spiro atoms. The molecule has 0 saturated carbocycles. The number of fused-ring (bicyclic) bond motifs is 1. The smallest absolute Gasteiger partial charge is 0.227 e. The number of rotatable bonds is 3. The van der Waals surface area contributed by atoms with Gasteiger partial charge in [-0.3, -0.25) is 9.59 Å². The number of likely N-dealkylation sites (tertiary alicyclic amines) is 1. The summed E-state index contributed by atoms with van der Waals surface area (Å²) in [6.07, 6.45) is 3.14. The number of hydrogen-bond acceptors (Lipinski definition) is 2. The number of hydrogen-bond donors (Lipinski definition) is 2. The number of carbonyl (C=O) groups is 2. The van der Waals surface area contributed by atoms with E-state index in [-0.39, 0.29) is 17.9 Å². The van der Waals surface area contributed by atoms with Gasteiger partial charge in [-0.1, -0.05) is 18.2 Å². The quantitative estimate of drug-likeness (QED) is 0.896. The molecule has 5 heteroatoms. The first kappa shape index (κ1) is 13.7. The monoisotopic (exact) mass is 285 g/mol. The molecule has 1 aliphatic rings. The molecule has 2 amide bonds. The number of aromatic amines is 1. The Morgan fingerprint density at radius 3 is 3.00 bits per heavy atom. The Labute approximate surface area is 123 Å². The summed E-state index contributed by atoms with van der Waals surface area (Å²) in [7, 11) is 0. The van der Waals surface area contributed by atoms with Crippen LogP contribution in [-0.2, 0) is 16.0 Å². The van der Waals surface area contributed by atoms with Gasteiger partial charge in [-0.15, -0.1) is 0 Å². The van der Waals surface area contributed by atoms with Crippen LogP contribution in [0.25, 0.3) is 10.9 Å². The van der Waals surface area contributed by atoms with Gasteiger partial charge in [0.25, 0.3) is 0 Å². The van der Waals surface area contributed by atoms with E-state index < -0.39 is 0 Å². The molecule has 1 saturated heterocycles. The third-order valence-corrected chi connectivity index (χ3v) is 3.96. The van der Waals surface area contributed by atoms with Crippen LogP contribution in [0, 0.1) is 0 Å². The van der Waals surface area contributed by atoms with E-state index in [1.54, 1.807) is 0 Å². The van der Waals surface area contributed by atoms with Crippen LogP contribution in [0.15, 0.2) is 30.5 Å². The molecule has 1 aromatic heterocycles. The molecule has 1 aliphatic heterocycles. The van der Waals surface area contributed by atoms with Gasteiger partial charge >= 0.3 is 0 Å². The second-order valence-electron chi connectivity index (χ2n) is 5.56. The fourth-order valence-electron chi connectivity index (χ4n) is 2.94. The van der Waals surface area contributed by atoms with Crippen molar-refractivity contribution in [2.24, 2.45) is 0 Å². The second kappa shape index (κ2) is 5.60. The molecule has 0 aliphatic carbocycles. The zero-order chi connectivity index (χ0) is 14.8. The van der Waals surface area contributed by atoms with Gasteiger partial charge < -0.3 is 15.2 Å². The minimum absolute atomic E-state index is 0.0362. The summed E-state index contributed by atoms with van der Waals surface area (Å²) >= 11 is 0. The van der Waals surface area contributed by atoms with E-state index in [4.69, 9.17) is 0 Å². The second-order valence-corrected chi connectivity index (χ2v) is 5.56. The van der Waals surface area contributed by atoms with Gasteiger partial charge in [0.1, 0.15) is 0 Å². The summed E-state index contributed by atoms with van der Waals surface area (Å²) < 4.78 is 0. The van der Waals surface area contributed by atoms with E-state index in [0.29, 0.717) is 19.5 Å². The number of benzene rings is 1. The Balaban J connectivity index is 1.66. The number of para-hydroxylation sites is 1. The Hall–Kier alpha value is -2.30. The first-order chi connectivity index (χ1) is 10.1. The number of H-pyrrole nitrogens is 1. The maximum atomic E-state index is 12.4. The molecule has 1 aromatic carbocycles. The van der Waals surface area contributed by atoms with Crippen molar-refractivity contribution >= 4 is 22.7 Å². The standard InChI is InChI=1S/C16H19N3O2/c1-11(20)18-13-6-7-19(10-13)16(21)8-12-9-17-15-5-3-2-4-14(12)15/h2-5,9,13,17H,6-8,10H2,1H3,(H,18,20). The molecule has 2 heterocycles. The minimum Gasteiger partial charge on any atom is -0.361 e. The van der Waals surface area contributed by atoms with Crippen molar-refractivity contribution < 1.29 is 9.59 Å². The molecule has 1 fully saturated rings. The average molecular weight is 285 g/mol. The van der Waals surface area contributed by atoms with Gasteiger partial charge in [-0.25, -0.2) is 0 Å². The summed E-state index contributed by atoms with van der Waals surface area (Å²) in [5, 5.41) is 3.98. The molecule has 110 valence electrons. The van der Waals surface area contributed by atoms with Crippen molar-refractivity contribution in [2.45, 2.75) is 25.8 Å². The summed E-state index contributed by atoms with van der Waals surface area (Å²) in [6, 6.07) is 8.08. The number of nitrogens with zero attached hydrogens (tertiary/aromatic N) is 1. The highest BCUT2D eigenvalue weighted by Gasteiger charge is 2.26. The summed E-state index contributed by atoms with van der Waals surface area (Å²) in [4.78, 5) is 28.5. The first-order valence-corrected chi connectivity index (χ1v) is 7.23. The summed E-state index contributed by atoms with van der Waals surface area (Å²) in [5.74, 6) is 0.0820. The third-order valence-electron chi connectivity index (χ3n) is 3.96. The van der Waals surface area contributed by atoms with Crippen molar-refractivity contribution in [3.05, 3.63) is 36.0 Å². The molecular weight excluding hydrogens is 266 g/mol. The Morgan fingerprint density at radius 2 is 2.19 bits per heavy atom. The zero-order valence-electron chi connectivity index (χ0n) is 12.1. The Bertz CT molecular complexity index is 677. The molecule has 1 atom stereocenters. The molecule has 0 radical (unpaired) electrons. The third kappa shape index (κ3) is 2.91. The SMILES string of the molecule is CC(=O)NC1CCN(C(=O)Cc2c[nH]c3ccccc23)C1.